The van der Waals surface area contributed by atoms with Gasteiger partial charge in [-0.25, -0.2) is 0 Å². The zero-order valence-electron chi connectivity index (χ0n) is 11.2. The van der Waals surface area contributed by atoms with E-state index in [1.165, 1.54) is 0 Å². The molecule has 0 heterocycles. The normalized spacial score (nSPS) is 16.9. The van der Waals surface area contributed by atoms with Crippen LogP contribution in [0.15, 0.2) is 0 Å². The zero-order chi connectivity index (χ0) is 12.4. The standard InChI is InChI=1S/C13H26O2/c1-9(2)12(5,6)13(7,10(3)4)8-11(14)15/h9-10H,8H2,1-7H3,(H,14,15). The van der Waals surface area contributed by atoms with E-state index in [2.05, 4.69) is 48.5 Å². The molecule has 0 aromatic rings. The van der Waals surface area contributed by atoms with Crippen molar-refractivity contribution in [1.29, 1.82) is 0 Å². The Hall–Kier alpha value is -0.530. The molecule has 0 saturated heterocycles. The van der Waals surface area contributed by atoms with Crippen LogP contribution in [0.3, 0.4) is 0 Å². The van der Waals surface area contributed by atoms with E-state index in [0.29, 0.717) is 11.8 Å². The highest BCUT2D eigenvalue weighted by Crippen LogP contribution is 2.51. The van der Waals surface area contributed by atoms with Gasteiger partial charge in [-0.3, -0.25) is 4.79 Å². The van der Waals surface area contributed by atoms with Gasteiger partial charge in [0.05, 0.1) is 6.42 Å². The van der Waals surface area contributed by atoms with Crippen LogP contribution in [0.5, 0.6) is 0 Å². The molecule has 2 heteroatoms. The molecule has 0 radical (unpaired) electrons. The highest BCUT2D eigenvalue weighted by Gasteiger charge is 2.46. The summed E-state index contributed by atoms with van der Waals surface area (Å²) in [5.41, 5.74) is -0.132. The Morgan fingerprint density at radius 2 is 1.47 bits per heavy atom. The summed E-state index contributed by atoms with van der Waals surface area (Å²) < 4.78 is 0. The number of aliphatic carboxylic acids is 1. The van der Waals surface area contributed by atoms with Crippen molar-refractivity contribution in [2.24, 2.45) is 22.7 Å². The molecule has 0 aliphatic carbocycles. The monoisotopic (exact) mass is 214 g/mol. The predicted octanol–water partition coefficient (Wildman–Crippen LogP) is 3.81. The Labute approximate surface area is 94.1 Å². The third-order valence-electron chi connectivity index (χ3n) is 4.71. The lowest BCUT2D eigenvalue weighted by molar-refractivity contribution is -0.144. The van der Waals surface area contributed by atoms with Gasteiger partial charge in [0.2, 0.25) is 0 Å². The third-order valence-corrected chi connectivity index (χ3v) is 4.71. The van der Waals surface area contributed by atoms with Gasteiger partial charge in [-0.05, 0) is 22.7 Å². The first kappa shape index (κ1) is 14.5. The molecule has 0 fully saturated rings. The average Bonchev–Trinajstić information content (AvgIpc) is 2.01. The lowest BCUT2D eigenvalue weighted by atomic mass is 9.55. The van der Waals surface area contributed by atoms with Gasteiger partial charge < -0.3 is 5.11 Å². The summed E-state index contributed by atoms with van der Waals surface area (Å²) in [6.07, 6.45) is 0.246. The van der Waals surface area contributed by atoms with E-state index in [9.17, 15) is 4.79 Å². The molecular weight excluding hydrogens is 188 g/mol. The van der Waals surface area contributed by atoms with Gasteiger partial charge in [0.1, 0.15) is 0 Å². The van der Waals surface area contributed by atoms with E-state index in [1.807, 2.05) is 0 Å². The second-order valence-corrected chi connectivity index (χ2v) is 6.02. The van der Waals surface area contributed by atoms with Gasteiger partial charge in [-0.1, -0.05) is 48.5 Å². The first-order valence-electron chi connectivity index (χ1n) is 5.77. The van der Waals surface area contributed by atoms with E-state index >= 15 is 0 Å². The van der Waals surface area contributed by atoms with E-state index in [4.69, 9.17) is 5.11 Å². The van der Waals surface area contributed by atoms with Crippen LogP contribution in [0.25, 0.3) is 0 Å². The largest absolute Gasteiger partial charge is 0.481 e. The van der Waals surface area contributed by atoms with Crippen molar-refractivity contribution < 1.29 is 9.90 Å². The molecule has 0 aliphatic heterocycles. The number of carboxylic acids is 1. The summed E-state index contributed by atoms with van der Waals surface area (Å²) in [6.45, 7) is 15.0. The lowest BCUT2D eigenvalue weighted by Crippen LogP contribution is -2.44. The van der Waals surface area contributed by atoms with Crippen LogP contribution in [0, 0.1) is 22.7 Å². The van der Waals surface area contributed by atoms with Gasteiger partial charge in [-0.15, -0.1) is 0 Å². The maximum atomic E-state index is 11.0. The maximum Gasteiger partial charge on any atom is 0.303 e. The van der Waals surface area contributed by atoms with Crippen LogP contribution < -0.4 is 0 Å². The minimum Gasteiger partial charge on any atom is -0.481 e. The smallest absolute Gasteiger partial charge is 0.303 e. The fourth-order valence-electron chi connectivity index (χ4n) is 2.15. The number of rotatable bonds is 5. The van der Waals surface area contributed by atoms with E-state index in [0.717, 1.165) is 0 Å². The Balaban J connectivity index is 5.19. The summed E-state index contributed by atoms with van der Waals surface area (Å²) >= 11 is 0. The maximum absolute atomic E-state index is 11.0. The summed E-state index contributed by atoms with van der Waals surface area (Å²) in [7, 11) is 0. The minimum absolute atomic E-state index is 0.0273. The molecule has 0 bridgehead atoms. The molecule has 0 aromatic heterocycles. The molecule has 15 heavy (non-hydrogen) atoms. The van der Waals surface area contributed by atoms with Crippen LogP contribution >= 0.6 is 0 Å². The number of carboxylic acid groups (broad SMARTS) is 1. The van der Waals surface area contributed by atoms with Gasteiger partial charge in [-0.2, -0.15) is 0 Å². The Kier molecular flexibility index (Phi) is 4.38. The molecule has 0 spiro atoms. The first-order chi connectivity index (χ1) is 6.55. The molecular formula is C13H26O2. The lowest BCUT2D eigenvalue weighted by Gasteiger charge is -2.49. The highest BCUT2D eigenvalue weighted by molar-refractivity contribution is 5.67. The third kappa shape index (κ3) is 2.73. The Bertz CT molecular complexity index is 229. The fraction of sp³-hybridized carbons (Fsp3) is 0.923. The summed E-state index contributed by atoms with van der Waals surface area (Å²) in [4.78, 5) is 11.0. The minimum atomic E-state index is -0.695. The van der Waals surface area contributed by atoms with Crippen LogP contribution in [0.2, 0.25) is 0 Å². The topological polar surface area (TPSA) is 37.3 Å². The highest BCUT2D eigenvalue weighted by atomic mass is 16.4. The molecule has 1 atom stereocenters. The van der Waals surface area contributed by atoms with E-state index in [1.54, 1.807) is 0 Å². The van der Waals surface area contributed by atoms with Crippen molar-refractivity contribution in [3.63, 3.8) is 0 Å². The number of hydrogen-bond acceptors (Lipinski definition) is 1. The van der Waals surface area contributed by atoms with Crippen LogP contribution in [0.4, 0.5) is 0 Å². The molecule has 0 rings (SSSR count). The number of carbonyl (C=O) groups is 1. The molecule has 90 valence electrons. The molecule has 0 aromatic carbocycles. The summed E-state index contributed by atoms with van der Waals surface area (Å²) in [5, 5.41) is 9.04. The fourth-order valence-corrected chi connectivity index (χ4v) is 2.15. The molecule has 0 saturated carbocycles. The van der Waals surface area contributed by atoms with Crippen molar-refractivity contribution in [3.8, 4) is 0 Å². The summed E-state index contributed by atoms with van der Waals surface area (Å²) in [5.74, 6) is 0.148. The van der Waals surface area contributed by atoms with E-state index < -0.39 is 5.97 Å². The van der Waals surface area contributed by atoms with Crippen molar-refractivity contribution >= 4 is 5.97 Å². The first-order valence-corrected chi connectivity index (χ1v) is 5.77. The second kappa shape index (κ2) is 4.54. The zero-order valence-corrected chi connectivity index (χ0v) is 11.2. The molecule has 0 amide bonds. The second-order valence-electron chi connectivity index (χ2n) is 6.02. The van der Waals surface area contributed by atoms with Crippen LogP contribution in [-0.4, -0.2) is 11.1 Å². The van der Waals surface area contributed by atoms with Crippen molar-refractivity contribution in [1.82, 2.24) is 0 Å². The number of hydrogen-bond donors (Lipinski definition) is 1. The molecule has 1 N–H and O–H groups in total. The van der Waals surface area contributed by atoms with E-state index in [-0.39, 0.29) is 17.3 Å². The van der Waals surface area contributed by atoms with Crippen molar-refractivity contribution in [2.75, 3.05) is 0 Å². The molecule has 2 nitrogen and oxygen atoms in total. The Morgan fingerprint density at radius 1 is 1.07 bits per heavy atom. The summed E-state index contributed by atoms with van der Waals surface area (Å²) in [6, 6.07) is 0. The van der Waals surface area contributed by atoms with Crippen molar-refractivity contribution in [3.05, 3.63) is 0 Å². The van der Waals surface area contributed by atoms with Gasteiger partial charge >= 0.3 is 5.97 Å². The SMILES string of the molecule is CC(C)C(C)(C)C(C)(CC(=O)O)C(C)C. The van der Waals surface area contributed by atoms with Crippen LogP contribution in [-0.2, 0) is 4.79 Å². The van der Waals surface area contributed by atoms with Crippen LogP contribution in [0.1, 0.15) is 54.9 Å². The van der Waals surface area contributed by atoms with Gasteiger partial charge in [0.15, 0.2) is 0 Å². The van der Waals surface area contributed by atoms with Gasteiger partial charge in [0.25, 0.3) is 0 Å². The molecule has 1 unspecified atom stereocenters. The predicted molar refractivity (Wildman–Crippen MR) is 63.8 cm³/mol. The quantitative estimate of drug-likeness (QED) is 0.755. The Morgan fingerprint density at radius 3 is 1.67 bits per heavy atom. The average molecular weight is 214 g/mol. The van der Waals surface area contributed by atoms with Crippen molar-refractivity contribution in [2.45, 2.75) is 54.9 Å². The van der Waals surface area contributed by atoms with Gasteiger partial charge in [0, 0.05) is 0 Å². The molecule has 0 aliphatic rings.